The fourth-order valence-electron chi connectivity index (χ4n) is 2.76. The number of nitrogens with zero attached hydrogens (tertiary/aromatic N) is 1. The molecule has 0 bridgehead atoms. The molecular formula is C17H22N2O2. The summed E-state index contributed by atoms with van der Waals surface area (Å²) in [6.07, 6.45) is 2.84. The van der Waals surface area contributed by atoms with Crippen LogP contribution >= 0.6 is 0 Å². The Morgan fingerprint density at radius 1 is 1.43 bits per heavy atom. The number of aliphatic hydroxyl groups excluding tert-OH is 1. The molecule has 1 atom stereocenters. The second kappa shape index (κ2) is 7.82. The molecule has 1 unspecified atom stereocenters. The normalized spacial score (nSPS) is 18.0. The van der Waals surface area contributed by atoms with Crippen LogP contribution in [0.15, 0.2) is 24.3 Å². The van der Waals surface area contributed by atoms with E-state index >= 15 is 0 Å². The number of benzene rings is 1. The number of piperidine rings is 1. The lowest BCUT2D eigenvalue weighted by Gasteiger charge is -2.32. The van der Waals surface area contributed by atoms with E-state index in [0.717, 1.165) is 37.9 Å². The summed E-state index contributed by atoms with van der Waals surface area (Å²) in [4.78, 5) is 14.6. The summed E-state index contributed by atoms with van der Waals surface area (Å²) in [7, 11) is 0. The van der Waals surface area contributed by atoms with Crippen LogP contribution in [0.2, 0.25) is 0 Å². The van der Waals surface area contributed by atoms with Gasteiger partial charge in [-0.1, -0.05) is 24.0 Å². The van der Waals surface area contributed by atoms with E-state index in [0.29, 0.717) is 11.5 Å². The summed E-state index contributed by atoms with van der Waals surface area (Å²) in [5.41, 5.74) is 6.78. The van der Waals surface area contributed by atoms with Gasteiger partial charge < -0.3 is 15.7 Å². The Labute approximate surface area is 125 Å². The molecule has 1 amide bonds. The first kappa shape index (κ1) is 15.6. The minimum Gasteiger partial charge on any atom is -0.396 e. The van der Waals surface area contributed by atoms with Gasteiger partial charge in [0.25, 0.3) is 5.91 Å². The van der Waals surface area contributed by atoms with Gasteiger partial charge in [0.1, 0.15) is 0 Å². The molecule has 2 rings (SSSR count). The van der Waals surface area contributed by atoms with Crippen molar-refractivity contribution in [2.24, 2.45) is 11.7 Å². The van der Waals surface area contributed by atoms with Crippen molar-refractivity contribution in [1.29, 1.82) is 0 Å². The Hall–Kier alpha value is -1.83. The molecule has 1 fully saturated rings. The molecule has 0 aliphatic carbocycles. The summed E-state index contributed by atoms with van der Waals surface area (Å²) in [5.74, 6) is 6.20. The van der Waals surface area contributed by atoms with Gasteiger partial charge >= 0.3 is 0 Å². The maximum absolute atomic E-state index is 12.7. The third kappa shape index (κ3) is 4.07. The molecule has 1 aromatic rings. The maximum Gasteiger partial charge on any atom is 0.255 e. The average molecular weight is 286 g/mol. The number of amides is 1. The molecule has 1 heterocycles. The second-order valence-electron chi connectivity index (χ2n) is 5.32. The molecule has 21 heavy (non-hydrogen) atoms. The fraction of sp³-hybridized carbons (Fsp3) is 0.471. The highest BCUT2D eigenvalue weighted by atomic mass is 16.3. The van der Waals surface area contributed by atoms with Gasteiger partial charge in [0, 0.05) is 25.3 Å². The minimum atomic E-state index is 0.0274. The van der Waals surface area contributed by atoms with E-state index in [4.69, 9.17) is 10.8 Å². The Morgan fingerprint density at radius 2 is 2.24 bits per heavy atom. The first-order chi connectivity index (χ1) is 10.3. The maximum atomic E-state index is 12.7. The largest absolute Gasteiger partial charge is 0.396 e. The fourth-order valence-corrected chi connectivity index (χ4v) is 2.76. The highest BCUT2D eigenvalue weighted by Gasteiger charge is 2.25. The van der Waals surface area contributed by atoms with Gasteiger partial charge in [-0.05, 0) is 37.3 Å². The summed E-state index contributed by atoms with van der Waals surface area (Å²) in [6.45, 7) is 1.97. The van der Waals surface area contributed by atoms with Crippen LogP contribution in [-0.4, -0.2) is 42.2 Å². The van der Waals surface area contributed by atoms with Crippen molar-refractivity contribution in [3.05, 3.63) is 35.4 Å². The zero-order valence-corrected chi connectivity index (χ0v) is 12.2. The van der Waals surface area contributed by atoms with E-state index < -0.39 is 0 Å². The molecule has 1 aliphatic rings. The van der Waals surface area contributed by atoms with Crippen molar-refractivity contribution >= 4 is 5.91 Å². The van der Waals surface area contributed by atoms with E-state index in [1.54, 1.807) is 0 Å². The van der Waals surface area contributed by atoms with Crippen molar-refractivity contribution in [2.75, 3.05) is 26.2 Å². The lowest BCUT2D eigenvalue weighted by molar-refractivity contribution is 0.0653. The number of nitrogens with two attached hydrogens (primary N) is 1. The first-order valence-electron chi connectivity index (χ1n) is 7.44. The van der Waals surface area contributed by atoms with Crippen LogP contribution in [0.25, 0.3) is 0 Å². The van der Waals surface area contributed by atoms with Crippen molar-refractivity contribution in [2.45, 2.75) is 19.3 Å². The van der Waals surface area contributed by atoms with Gasteiger partial charge in [-0.2, -0.15) is 0 Å². The van der Waals surface area contributed by atoms with Gasteiger partial charge in [0.15, 0.2) is 0 Å². The topological polar surface area (TPSA) is 66.6 Å². The SMILES string of the molecule is NCC#Cc1ccccc1C(=O)N1CCCC(CCO)C1. The predicted molar refractivity (Wildman–Crippen MR) is 82.7 cm³/mol. The highest BCUT2D eigenvalue weighted by molar-refractivity contribution is 5.96. The zero-order chi connectivity index (χ0) is 15.1. The Morgan fingerprint density at radius 3 is 3.00 bits per heavy atom. The highest BCUT2D eigenvalue weighted by Crippen LogP contribution is 2.21. The number of hydrogen-bond donors (Lipinski definition) is 2. The number of likely N-dealkylation sites (tertiary alicyclic amines) is 1. The minimum absolute atomic E-state index is 0.0274. The lowest BCUT2D eigenvalue weighted by Crippen LogP contribution is -2.40. The Balaban J connectivity index is 2.16. The lowest BCUT2D eigenvalue weighted by atomic mass is 9.94. The van der Waals surface area contributed by atoms with Crippen LogP contribution in [-0.2, 0) is 0 Å². The Bertz CT molecular complexity index is 543. The van der Waals surface area contributed by atoms with Crippen LogP contribution in [0.3, 0.4) is 0 Å². The third-order valence-corrected chi connectivity index (χ3v) is 3.83. The standard InChI is InChI=1S/C17H22N2O2/c18-10-3-7-15-6-1-2-8-16(15)17(21)19-11-4-5-14(13-19)9-12-20/h1-2,6,8,14,20H,4-5,9-13,18H2. The van der Waals surface area contributed by atoms with Crippen LogP contribution in [0.1, 0.15) is 35.2 Å². The smallest absolute Gasteiger partial charge is 0.255 e. The van der Waals surface area contributed by atoms with E-state index in [9.17, 15) is 4.79 Å². The number of hydrogen-bond acceptors (Lipinski definition) is 3. The van der Waals surface area contributed by atoms with Crippen molar-refractivity contribution in [3.8, 4) is 11.8 Å². The van der Waals surface area contributed by atoms with E-state index in [1.165, 1.54) is 0 Å². The van der Waals surface area contributed by atoms with Crippen LogP contribution in [0, 0.1) is 17.8 Å². The summed E-state index contributed by atoms with van der Waals surface area (Å²) >= 11 is 0. The van der Waals surface area contributed by atoms with Gasteiger partial charge in [0.2, 0.25) is 0 Å². The number of carbonyl (C=O) groups is 1. The first-order valence-corrected chi connectivity index (χ1v) is 7.44. The second-order valence-corrected chi connectivity index (χ2v) is 5.32. The van der Waals surface area contributed by atoms with Crippen molar-refractivity contribution in [3.63, 3.8) is 0 Å². The van der Waals surface area contributed by atoms with Gasteiger partial charge in [-0.3, -0.25) is 4.79 Å². The van der Waals surface area contributed by atoms with E-state index in [-0.39, 0.29) is 19.1 Å². The average Bonchev–Trinajstić information content (AvgIpc) is 2.53. The predicted octanol–water partition coefficient (Wildman–Crippen LogP) is 1.23. The third-order valence-electron chi connectivity index (χ3n) is 3.83. The van der Waals surface area contributed by atoms with Crippen molar-refractivity contribution < 1.29 is 9.90 Å². The number of rotatable bonds is 3. The van der Waals surface area contributed by atoms with Gasteiger partial charge in [0.05, 0.1) is 12.1 Å². The van der Waals surface area contributed by atoms with Crippen LogP contribution in [0.5, 0.6) is 0 Å². The molecule has 0 saturated carbocycles. The van der Waals surface area contributed by atoms with Crippen molar-refractivity contribution in [1.82, 2.24) is 4.90 Å². The van der Waals surface area contributed by atoms with E-state index in [2.05, 4.69) is 11.8 Å². The molecule has 1 saturated heterocycles. The molecule has 0 aromatic heterocycles. The van der Waals surface area contributed by atoms with Crippen LogP contribution < -0.4 is 5.73 Å². The number of aliphatic hydroxyl groups is 1. The zero-order valence-electron chi connectivity index (χ0n) is 12.2. The van der Waals surface area contributed by atoms with Gasteiger partial charge in [-0.25, -0.2) is 0 Å². The molecule has 4 heteroatoms. The quantitative estimate of drug-likeness (QED) is 0.821. The summed E-state index contributed by atoms with van der Waals surface area (Å²) in [6, 6.07) is 7.40. The number of carbonyl (C=O) groups excluding carboxylic acids is 1. The monoisotopic (exact) mass is 286 g/mol. The molecule has 0 radical (unpaired) electrons. The van der Waals surface area contributed by atoms with Crippen LogP contribution in [0.4, 0.5) is 0 Å². The molecular weight excluding hydrogens is 264 g/mol. The molecule has 3 N–H and O–H groups in total. The molecule has 0 spiro atoms. The van der Waals surface area contributed by atoms with Gasteiger partial charge in [-0.15, -0.1) is 0 Å². The molecule has 1 aliphatic heterocycles. The molecule has 1 aromatic carbocycles. The van der Waals surface area contributed by atoms with E-state index in [1.807, 2.05) is 29.2 Å². The molecule has 112 valence electrons. The Kier molecular flexibility index (Phi) is 5.79. The molecule has 4 nitrogen and oxygen atoms in total. The summed E-state index contributed by atoms with van der Waals surface area (Å²) in [5, 5.41) is 9.07. The summed E-state index contributed by atoms with van der Waals surface area (Å²) < 4.78 is 0.